The topological polar surface area (TPSA) is 65.7 Å². The third-order valence-electron chi connectivity index (χ3n) is 6.17. The molecule has 5 nitrogen and oxygen atoms in total. The predicted molar refractivity (Wildman–Crippen MR) is 138 cm³/mol. The van der Waals surface area contributed by atoms with Gasteiger partial charge in [-0.1, -0.05) is 44.2 Å². The normalized spacial score (nSPS) is 17.2. The number of benzene rings is 2. The van der Waals surface area contributed by atoms with Gasteiger partial charge in [-0.05, 0) is 74.3 Å². The molecular formula is C27H29N5S. The Kier molecular flexibility index (Phi) is 6.62. The molecule has 1 aliphatic rings. The Bertz CT molecular complexity index is 1230. The molecule has 0 saturated heterocycles. The van der Waals surface area contributed by atoms with Crippen molar-refractivity contribution in [2.75, 3.05) is 5.32 Å². The first-order chi connectivity index (χ1) is 15.9. The second-order valence-corrected chi connectivity index (χ2v) is 9.28. The predicted octanol–water partition coefficient (Wildman–Crippen LogP) is 5.88. The second kappa shape index (κ2) is 9.60. The van der Waals surface area contributed by atoms with Crippen molar-refractivity contribution in [2.45, 2.75) is 52.0 Å². The van der Waals surface area contributed by atoms with Gasteiger partial charge in [0.05, 0.1) is 23.0 Å². The number of anilines is 1. The van der Waals surface area contributed by atoms with Crippen molar-refractivity contribution in [3.05, 3.63) is 88.8 Å². The molecule has 2 aromatic carbocycles. The second-order valence-electron chi connectivity index (χ2n) is 8.87. The monoisotopic (exact) mass is 455 g/mol. The van der Waals surface area contributed by atoms with Gasteiger partial charge in [0, 0.05) is 28.9 Å². The van der Waals surface area contributed by atoms with Crippen LogP contribution in [-0.4, -0.2) is 20.9 Å². The highest BCUT2D eigenvalue weighted by Gasteiger charge is 2.26. The average Bonchev–Trinajstić information content (AvgIpc) is 3.36. The molecule has 0 bridgehead atoms. The van der Waals surface area contributed by atoms with E-state index in [4.69, 9.17) is 22.6 Å². The van der Waals surface area contributed by atoms with Crippen molar-refractivity contribution in [2.24, 2.45) is 0 Å². The molecule has 33 heavy (non-hydrogen) atoms. The summed E-state index contributed by atoms with van der Waals surface area (Å²) in [5, 5.41) is 21.0. The third kappa shape index (κ3) is 4.99. The highest BCUT2D eigenvalue weighted by Crippen LogP contribution is 2.34. The summed E-state index contributed by atoms with van der Waals surface area (Å²) in [4.78, 5) is 0. The number of nitrogens with zero attached hydrogens (tertiary/aromatic N) is 3. The minimum atomic E-state index is 0.140. The van der Waals surface area contributed by atoms with E-state index in [0.29, 0.717) is 16.6 Å². The van der Waals surface area contributed by atoms with Crippen LogP contribution in [0.4, 0.5) is 5.69 Å². The Labute approximate surface area is 201 Å². The molecule has 1 aliphatic carbocycles. The molecule has 2 N–H and O–H groups in total. The van der Waals surface area contributed by atoms with Crippen LogP contribution >= 0.6 is 12.2 Å². The lowest BCUT2D eigenvalue weighted by molar-refractivity contribution is 0.656. The molecule has 1 heterocycles. The summed E-state index contributed by atoms with van der Waals surface area (Å²) in [5.41, 5.74) is 7.35. The maximum Gasteiger partial charge on any atom is 0.171 e. The summed E-state index contributed by atoms with van der Waals surface area (Å²) in [6, 6.07) is 18.3. The first-order valence-corrected chi connectivity index (χ1v) is 11.7. The van der Waals surface area contributed by atoms with Gasteiger partial charge in [-0.2, -0.15) is 10.4 Å². The zero-order chi connectivity index (χ0) is 23.5. The quantitative estimate of drug-likeness (QED) is 0.371. The average molecular weight is 456 g/mol. The van der Waals surface area contributed by atoms with Crippen LogP contribution in [0, 0.1) is 25.2 Å². The van der Waals surface area contributed by atoms with E-state index in [1.165, 1.54) is 16.8 Å². The van der Waals surface area contributed by atoms with Crippen LogP contribution in [0.15, 0.2) is 60.7 Å². The van der Waals surface area contributed by atoms with E-state index in [9.17, 15) is 0 Å². The molecule has 4 rings (SSSR count). The van der Waals surface area contributed by atoms with Gasteiger partial charge >= 0.3 is 0 Å². The minimum Gasteiger partial charge on any atom is -0.356 e. The fourth-order valence-electron chi connectivity index (χ4n) is 4.47. The van der Waals surface area contributed by atoms with Gasteiger partial charge in [0.2, 0.25) is 0 Å². The summed E-state index contributed by atoms with van der Waals surface area (Å²) < 4.78 is 2.05. The van der Waals surface area contributed by atoms with E-state index in [1.54, 1.807) is 12.1 Å². The van der Waals surface area contributed by atoms with E-state index in [2.05, 4.69) is 85.5 Å². The van der Waals surface area contributed by atoms with E-state index < -0.39 is 0 Å². The van der Waals surface area contributed by atoms with E-state index >= 15 is 0 Å². The lowest BCUT2D eigenvalue weighted by Crippen LogP contribution is -2.35. The van der Waals surface area contributed by atoms with Crippen LogP contribution < -0.4 is 10.6 Å². The van der Waals surface area contributed by atoms with Crippen molar-refractivity contribution in [1.82, 2.24) is 15.1 Å². The van der Waals surface area contributed by atoms with Crippen LogP contribution in [0.25, 0.3) is 5.69 Å². The molecule has 0 aliphatic heterocycles. The fraction of sp³-hybridized carbons (Fsp3) is 0.296. The van der Waals surface area contributed by atoms with Gasteiger partial charge in [-0.25, -0.2) is 4.68 Å². The molecule has 168 valence electrons. The van der Waals surface area contributed by atoms with Gasteiger partial charge in [0.15, 0.2) is 5.11 Å². The minimum absolute atomic E-state index is 0.140. The summed E-state index contributed by atoms with van der Waals surface area (Å²) in [6.45, 7) is 8.65. The number of nitriles is 1. The van der Waals surface area contributed by atoms with Crippen LogP contribution in [0.2, 0.25) is 0 Å². The van der Waals surface area contributed by atoms with Crippen molar-refractivity contribution < 1.29 is 0 Å². The number of thiocarbonyl (C=S) groups is 1. The molecular weight excluding hydrogens is 426 g/mol. The van der Waals surface area contributed by atoms with Crippen LogP contribution in [0.5, 0.6) is 0 Å². The molecule has 0 unspecified atom stereocenters. The van der Waals surface area contributed by atoms with Gasteiger partial charge in [-0.3, -0.25) is 0 Å². The molecule has 0 amide bonds. The zero-order valence-electron chi connectivity index (χ0n) is 19.5. The van der Waals surface area contributed by atoms with Gasteiger partial charge in [-0.15, -0.1) is 0 Å². The number of rotatable bonds is 5. The van der Waals surface area contributed by atoms with Crippen molar-refractivity contribution in [3.63, 3.8) is 0 Å². The van der Waals surface area contributed by atoms with Crippen LogP contribution in [0.3, 0.4) is 0 Å². The number of nitrogens with one attached hydrogen (secondary N) is 2. The molecule has 2 atom stereocenters. The van der Waals surface area contributed by atoms with Crippen molar-refractivity contribution in [1.29, 1.82) is 5.26 Å². The molecule has 1 aromatic heterocycles. The van der Waals surface area contributed by atoms with Gasteiger partial charge in [0.1, 0.15) is 0 Å². The summed E-state index contributed by atoms with van der Waals surface area (Å²) >= 11 is 5.50. The first-order valence-electron chi connectivity index (χ1n) is 11.3. The van der Waals surface area contributed by atoms with Crippen LogP contribution in [-0.2, 0) is 0 Å². The van der Waals surface area contributed by atoms with Gasteiger partial charge < -0.3 is 10.6 Å². The van der Waals surface area contributed by atoms with E-state index in [-0.39, 0.29) is 12.0 Å². The zero-order valence-corrected chi connectivity index (χ0v) is 20.3. The highest BCUT2D eigenvalue weighted by molar-refractivity contribution is 7.80. The maximum atomic E-state index is 9.07. The lowest BCUT2D eigenvalue weighted by atomic mass is 9.96. The Balaban J connectivity index is 1.43. The highest BCUT2D eigenvalue weighted by atomic mass is 32.1. The molecule has 0 fully saturated rings. The number of aryl methyl sites for hydroxylation is 1. The third-order valence-corrected chi connectivity index (χ3v) is 6.39. The fourth-order valence-corrected chi connectivity index (χ4v) is 4.73. The smallest absolute Gasteiger partial charge is 0.171 e. The van der Waals surface area contributed by atoms with E-state index in [1.807, 2.05) is 12.1 Å². The molecule has 0 saturated carbocycles. The lowest BCUT2D eigenvalue weighted by Gasteiger charge is -2.17. The summed E-state index contributed by atoms with van der Waals surface area (Å²) in [5.74, 6) is 0.801. The Morgan fingerprint density at radius 1 is 1.15 bits per heavy atom. The first kappa shape index (κ1) is 22.8. The number of aromatic nitrogens is 2. The standard InChI is InChI=1S/C27H29N5S/c1-17(2)21-9-12-25(13-10-21)32-19(4)26(18(3)31-32)22-8-11-24(15-22)30-27(33)29-23-7-5-6-20(14-23)16-28/h5-14,17,22,24H,15H2,1-4H3,(H2,29,30,33)/t22-,24+/m0/s1. The van der Waals surface area contributed by atoms with Crippen molar-refractivity contribution >= 4 is 23.0 Å². The number of allylic oxidation sites excluding steroid dienone is 1. The van der Waals surface area contributed by atoms with E-state index in [0.717, 1.165) is 23.5 Å². The maximum absolute atomic E-state index is 9.07. The van der Waals surface area contributed by atoms with Crippen molar-refractivity contribution in [3.8, 4) is 11.8 Å². The largest absolute Gasteiger partial charge is 0.356 e. The Morgan fingerprint density at radius 2 is 1.91 bits per heavy atom. The SMILES string of the molecule is Cc1nn(-c2ccc(C(C)C)cc2)c(C)c1[C@H]1C=C[C@@H](NC(=S)Nc2cccc(C#N)c2)C1. The molecule has 6 heteroatoms. The summed E-state index contributed by atoms with van der Waals surface area (Å²) in [6.07, 6.45) is 5.34. The number of hydrogen-bond acceptors (Lipinski definition) is 3. The van der Waals surface area contributed by atoms with Gasteiger partial charge in [0.25, 0.3) is 0 Å². The Morgan fingerprint density at radius 3 is 2.61 bits per heavy atom. The molecule has 3 aromatic rings. The molecule has 0 radical (unpaired) electrons. The number of hydrogen-bond donors (Lipinski definition) is 2. The van der Waals surface area contributed by atoms with Crippen LogP contribution in [0.1, 0.15) is 60.2 Å². The molecule has 0 spiro atoms. The summed E-state index contributed by atoms with van der Waals surface area (Å²) in [7, 11) is 0. The Hall–Kier alpha value is -3.43.